The summed E-state index contributed by atoms with van der Waals surface area (Å²) in [6.45, 7) is 0. The van der Waals surface area contributed by atoms with E-state index < -0.39 is 0 Å². The van der Waals surface area contributed by atoms with Crippen molar-refractivity contribution in [3.05, 3.63) is 78.4 Å². The van der Waals surface area contributed by atoms with E-state index in [0.29, 0.717) is 5.56 Å². The van der Waals surface area contributed by atoms with Gasteiger partial charge in [-0.15, -0.1) is 0 Å². The van der Waals surface area contributed by atoms with Gasteiger partial charge in [0.2, 0.25) is 0 Å². The van der Waals surface area contributed by atoms with E-state index in [1.165, 1.54) is 0 Å². The third-order valence-corrected chi connectivity index (χ3v) is 3.87. The molecule has 3 nitrogen and oxygen atoms in total. The lowest BCUT2D eigenvalue weighted by Crippen LogP contribution is -1.83. The summed E-state index contributed by atoms with van der Waals surface area (Å²) in [6.07, 6.45) is 0. The number of para-hydroxylation sites is 2. The van der Waals surface area contributed by atoms with Crippen molar-refractivity contribution in [1.29, 1.82) is 5.26 Å². The number of nitriles is 1. The van der Waals surface area contributed by atoms with Gasteiger partial charge in [-0.1, -0.05) is 48.5 Å². The number of hydrogen-bond donors (Lipinski definition) is 1. The van der Waals surface area contributed by atoms with Crippen LogP contribution in [0.1, 0.15) is 5.56 Å². The molecule has 0 atom stereocenters. The molecule has 0 aliphatic rings. The van der Waals surface area contributed by atoms with Gasteiger partial charge in [-0.05, 0) is 35.4 Å². The molecule has 0 spiro atoms. The summed E-state index contributed by atoms with van der Waals surface area (Å²) in [6, 6.07) is 26.0. The van der Waals surface area contributed by atoms with Crippen LogP contribution in [0.5, 0.6) is 0 Å². The van der Waals surface area contributed by atoms with E-state index in [0.717, 1.165) is 33.5 Å². The fourth-order valence-corrected chi connectivity index (χ4v) is 2.68. The predicted molar refractivity (Wildman–Crippen MR) is 91.7 cm³/mol. The Kier molecular flexibility index (Phi) is 3.14. The number of H-pyrrole nitrogens is 1. The van der Waals surface area contributed by atoms with Crippen LogP contribution in [0.4, 0.5) is 0 Å². The summed E-state index contributed by atoms with van der Waals surface area (Å²) in [5.74, 6) is 0.864. The average molecular weight is 295 g/mol. The molecule has 0 aliphatic heterocycles. The van der Waals surface area contributed by atoms with Crippen molar-refractivity contribution >= 4 is 11.0 Å². The van der Waals surface area contributed by atoms with Crippen LogP contribution in [0.3, 0.4) is 0 Å². The molecule has 0 fully saturated rings. The molecule has 4 aromatic rings. The number of imidazole rings is 1. The van der Waals surface area contributed by atoms with Gasteiger partial charge in [0.1, 0.15) is 5.82 Å². The molecule has 0 saturated heterocycles. The number of benzene rings is 3. The molecule has 23 heavy (non-hydrogen) atoms. The molecule has 0 saturated carbocycles. The van der Waals surface area contributed by atoms with Crippen LogP contribution in [0, 0.1) is 11.3 Å². The minimum atomic E-state index is 0.670. The number of nitrogens with zero attached hydrogens (tertiary/aromatic N) is 2. The molecule has 0 amide bonds. The van der Waals surface area contributed by atoms with Crippen LogP contribution in [-0.2, 0) is 0 Å². The molecule has 4 rings (SSSR count). The maximum absolute atomic E-state index is 9.01. The van der Waals surface area contributed by atoms with E-state index >= 15 is 0 Å². The summed E-state index contributed by atoms with van der Waals surface area (Å²) in [5.41, 5.74) is 5.84. The summed E-state index contributed by atoms with van der Waals surface area (Å²) in [4.78, 5) is 7.95. The smallest absolute Gasteiger partial charge is 0.138 e. The van der Waals surface area contributed by atoms with Crippen LogP contribution in [0.2, 0.25) is 0 Å². The van der Waals surface area contributed by atoms with Crippen molar-refractivity contribution in [3.63, 3.8) is 0 Å². The van der Waals surface area contributed by atoms with Gasteiger partial charge in [-0.3, -0.25) is 0 Å². The zero-order valence-electron chi connectivity index (χ0n) is 12.3. The van der Waals surface area contributed by atoms with Gasteiger partial charge < -0.3 is 4.98 Å². The van der Waals surface area contributed by atoms with Crippen LogP contribution < -0.4 is 0 Å². The van der Waals surface area contributed by atoms with Crippen LogP contribution in [-0.4, -0.2) is 9.97 Å². The van der Waals surface area contributed by atoms with Crippen molar-refractivity contribution in [2.75, 3.05) is 0 Å². The molecule has 1 heterocycles. The second-order valence-electron chi connectivity index (χ2n) is 5.37. The highest BCUT2D eigenvalue weighted by Gasteiger charge is 2.05. The minimum absolute atomic E-state index is 0.670. The first-order valence-electron chi connectivity index (χ1n) is 7.39. The topological polar surface area (TPSA) is 52.5 Å². The van der Waals surface area contributed by atoms with E-state index in [1.54, 1.807) is 0 Å². The van der Waals surface area contributed by atoms with Gasteiger partial charge in [-0.2, -0.15) is 5.26 Å². The Balaban J connectivity index is 1.71. The summed E-state index contributed by atoms with van der Waals surface area (Å²) in [7, 11) is 0. The lowest BCUT2D eigenvalue weighted by atomic mass is 10.0. The molecule has 1 N–H and O–H groups in total. The Morgan fingerprint density at radius 1 is 0.783 bits per heavy atom. The summed E-state index contributed by atoms with van der Waals surface area (Å²) >= 11 is 0. The van der Waals surface area contributed by atoms with E-state index in [2.05, 4.69) is 28.2 Å². The number of hydrogen-bond acceptors (Lipinski definition) is 2. The van der Waals surface area contributed by atoms with Gasteiger partial charge in [0.25, 0.3) is 0 Å². The first kappa shape index (κ1) is 13.3. The van der Waals surface area contributed by atoms with Crippen molar-refractivity contribution in [1.82, 2.24) is 9.97 Å². The molecule has 0 unspecified atom stereocenters. The minimum Gasteiger partial charge on any atom is -0.338 e. The van der Waals surface area contributed by atoms with Gasteiger partial charge in [0.15, 0.2) is 0 Å². The molecular formula is C20H13N3. The first-order chi connectivity index (χ1) is 11.3. The Hall–Kier alpha value is -3.38. The SMILES string of the molecule is N#Cc1cccc(-c2ccc(-c3nc4ccccc4[nH]3)cc2)c1. The Morgan fingerprint density at radius 3 is 2.35 bits per heavy atom. The van der Waals surface area contributed by atoms with Crippen LogP contribution >= 0.6 is 0 Å². The third kappa shape index (κ3) is 2.47. The summed E-state index contributed by atoms with van der Waals surface area (Å²) < 4.78 is 0. The second-order valence-corrected chi connectivity index (χ2v) is 5.37. The molecule has 3 heteroatoms. The number of aromatic nitrogens is 2. The van der Waals surface area contributed by atoms with Gasteiger partial charge in [-0.25, -0.2) is 4.98 Å². The summed E-state index contributed by atoms with van der Waals surface area (Å²) in [5, 5.41) is 9.01. The normalized spacial score (nSPS) is 10.6. The van der Waals surface area contributed by atoms with Crippen molar-refractivity contribution in [2.45, 2.75) is 0 Å². The Labute approximate surface area is 133 Å². The molecule has 0 aliphatic carbocycles. The Bertz CT molecular complexity index is 988. The zero-order valence-corrected chi connectivity index (χ0v) is 12.3. The monoisotopic (exact) mass is 295 g/mol. The molecule has 3 aromatic carbocycles. The second kappa shape index (κ2) is 5.43. The van der Waals surface area contributed by atoms with Crippen LogP contribution in [0.25, 0.3) is 33.5 Å². The number of fused-ring (bicyclic) bond motifs is 1. The maximum Gasteiger partial charge on any atom is 0.138 e. The zero-order chi connectivity index (χ0) is 15.6. The Morgan fingerprint density at radius 2 is 1.57 bits per heavy atom. The average Bonchev–Trinajstić information content (AvgIpc) is 3.06. The standard InChI is InChI=1S/C20H13N3/c21-13-14-4-3-5-17(12-14)15-8-10-16(11-9-15)20-22-18-6-1-2-7-19(18)23-20/h1-12H,(H,22,23). The molecular weight excluding hydrogens is 282 g/mol. The van der Waals surface area contributed by atoms with E-state index in [1.807, 2.05) is 60.7 Å². The fourth-order valence-electron chi connectivity index (χ4n) is 2.68. The third-order valence-electron chi connectivity index (χ3n) is 3.87. The number of rotatable bonds is 2. The highest BCUT2D eigenvalue weighted by molar-refractivity contribution is 5.79. The van der Waals surface area contributed by atoms with Crippen molar-refractivity contribution < 1.29 is 0 Å². The molecule has 1 aromatic heterocycles. The molecule has 0 bridgehead atoms. The van der Waals surface area contributed by atoms with Crippen molar-refractivity contribution in [3.8, 4) is 28.6 Å². The molecule has 0 radical (unpaired) electrons. The highest BCUT2D eigenvalue weighted by Crippen LogP contribution is 2.25. The van der Waals surface area contributed by atoms with E-state index in [-0.39, 0.29) is 0 Å². The first-order valence-corrected chi connectivity index (χ1v) is 7.39. The van der Waals surface area contributed by atoms with Crippen LogP contribution in [0.15, 0.2) is 72.8 Å². The quantitative estimate of drug-likeness (QED) is 0.579. The number of nitrogens with one attached hydrogen (secondary N) is 1. The van der Waals surface area contributed by atoms with Gasteiger partial charge in [0.05, 0.1) is 22.7 Å². The predicted octanol–water partition coefficient (Wildman–Crippen LogP) is 4.77. The van der Waals surface area contributed by atoms with E-state index in [9.17, 15) is 0 Å². The molecule has 108 valence electrons. The maximum atomic E-state index is 9.01. The van der Waals surface area contributed by atoms with Gasteiger partial charge >= 0.3 is 0 Å². The number of aromatic amines is 1. The largest absolute Gasteiger partial charge is 0.338 e. The lowest BCUT2D eigenvalue weighted by molar-refractivity contribution is 1.34. The van der Waals surface area contributed by atoms with E-state index in [4.69, 9.17) is 5.26 Å². The van der Waals surface area contributed by atoms with Gasteiger partial charge in [0, 0.05) is 5.56 Å². The fraction of sp³-hybridized carbons (Fsp3) is 0. The highest BCUT2D eigenvalue weighted by atomic mass is 14.9. The van der Waals surface area contributed by atoms with Crippen molar-refractivity contribution in [2.24, 2.45) is 0 Å². The lowest BCUT2D eigenvalue weighted by Gasteiger charge is -2.03.